The van der Waals surface area contributed by atoms with Crippen molar-refractivity contribution in [1.29, 1.82) is 0 Å². The molecule has 0 atom stereocenters. The lowest BCUT2D eigenvalue weighted by Crippen LogP contribution is -2.09. The molecule has 0 unspecified atom stereocenters. The molecule has 5 rings (SSSR count). The van der Waals surface area contributed by atoms with Crippen molar-refractivity contribution in [3.63, 3.8) is 0 Å². The van der Waals surface area contributed by atoms with Crippen molar-refractivity contribution in [2.45, 2.75) is 6.92 Å². The second-order valence-corrected chi connectivity index (χ2v) is 8.98. The second kappa shape index (κ2) is 10.7. The molecule has 0 radical (unpaired) electrons. The Morgan fingerprint density at radius 2 is 1.55 bits per heavy atom. The smallest absolute Gasteiger partial charge is 0.363 e. The predicted molar refractivity (Wildman–Crippen MR) is 147 cm³/mol. The van der Waals surface area contributed by atoms with Crippen molar-refractivity contribution >= 4 is 35.5 Å². The van der Waals surface area contributed by atoms with Crippen molar-refractivity contribution in [2.75, 3.05) is 7.11 Å². The van der Waals surface area contributed by atoms with Gasteiger partial charge in [-0.1, -0.05) is 71.8 Å². The summed E-state index contributed by atoms with van der Waals surface area (Å²) in [4.78, 5) is 29.5. The zero-order valence-corrected chi connectivity index (χ0v) is 21.4. The number of halogens is 1. The summed E-state index contributed by atoms with van der Waals surface area (Å²) in [6.07, 6.45) is 1.54. The normalized spacial score (nSPS) is 13.7. The number of nitrogens with zero attached hydrogens (tertiary/aromatic N) is 1. The second-order valence-electron chi connectivity index (χ2n) is 8.57. The molecule has 0 N–H and O–H groups in total. The van der Waals surface area contributed by atoms with E-state index >= 15 is 0 Å². The molecule has 1 aliphatic rings. The number of hydrogen-bond acceptors (Lipinski definition) is 6. The van der Waals surface area contributed by atoms with E-state index in [2.05, 4.69) is 4.99 Å². The third kappa shape index (κ3) is 5.36. The highest BCUT2D eigenvalue weighted by Gasteiger charge is 2.25. The van der Waals surface area contributed by atoms with E-state index in [0.29, 0.717) is 16.7 Å². The van der Waals surface area contributed by atoms with E-state index < -0.39 is 11.9 Å². The first-order valence-electron chi connectivity index (χ1n) is 11.8. The molecule has 0 bridgehead atoms. The largest absolute Gasteiger partial charge is 0.493 e. The number of aryl methyl sites for hydroxylation is 1. The minimum Gasteiger partial charge on any atom is -0.493 e. The van der Waals surface area contributed by atoms with E-state index in [1.54, 1.807) is 24.3 Å². The van der Waals surface area contributed by atoms with Gasteiger partial charge >= 0.3 is 11.9 Å². The lowest BCUT2D eigenvalue weighted by molar-refractivity contribution is -0.129. The van der Waals surface area contributed by atoms with E-state index in [1.807, 2.05) is 73.7 Å². The lowest BCUT2D eigenvalue weighted by atomic mass is 10.0. The van der Waals surface area contributed by atoms with Crippen LogP contribution in [0.5, 0.6) is 11.5 Å². The van der Waals surface area contributed by atoms with Gasteiger partial charge in [0.2, 0.25) is 5.90 Å². The summed E-state index contributed by atoms with van der Waals surface area (Å²) in [7, 11) is 1.44. The molecule has 1 heterocycles. The third-order valence-corrected chi connectivity index (χ3v) is 6.18. The zero-order valence-electron chi connectivity index (χ0n) is 20.6. The van der Waals surface area contributed by atoms with E-state index in [9.17, 15) is 9.59 Å². The molecule has 0 aromatic heterocycles. The third-order valence-electron chi connectivity index (χ3n) is 5.90. The van der Waals surface area contributed by atoms with Crippen molar-refractivity contribution < 1.29 is 23.8 Å². The average molecular weight is 524 g/mol. The van der Waals surface area contributed by atoms with Crippen LogP contribution in [-0.4, -0.2) is 24.9 Å². The molecule has 1 aliphatic heterocycles. The molecule has 0 saturated heterocycles. The van der Waals surface area contributed by atoms with E-state index in [-0.39, 0.29) is 28.1 Å². The maximum absolute atomic E-state index is 12.6. The van der Waals surface area contributed by atoms with E-state index in [0.717, 1.165) is 16.7 Å². The Kier molecular flexibility index (Phi) is 7.07. The number of ether oxygens (including phenoxy) is 3. The van der Waals surface area contributed by atoms with Gasteiger partial charge < -0.3 is 14.2 Å². The van der Waals surface area contributed by atoms with Crippen molar-refractivity contribution in [3.8, 4) is 22.6 Å². The number of cyclic esters (lactones) is 1. The Labute approximate surface area is 224 Å². The molecule has 7 heteroatoms. The van der Waals surface area contributed by atoms with Gasteiger partial charge in [0.05, 0.1) is 17.7 Å². The molecule has 188 valence electrons. The average Bonchev–Trinajstić information content (AvgIpc) is 3.30. The summed E-state index contributed by atoms with van der Waals surface area (Å²) < 4.78 is 16.3. The summed E-state index contributed by atoms with van der Waals surface area (Å²) in [5.41, 5.74) is 4.84. The van der Waals surface area contributed by atoms with Gasteiger partial charge in [-0.05, 0) is 66.1 Å². The van der Waals surface area contributed by atoms with Gasteiger partial charge in [0.15, 0.2) is 17.2 Å². The van der Waals surface area contributed by atoms with Crippen LogP contribution in [0.1, 0.15) is 27.0 Å². The summed E-state index contributed by atoms with van der Waals surface area (Å²) in [5, 5.41) is 0.142. The molecule has 0 amide bonds. The predicted octanol–water partition coefficient (Wildman–Crippen LogP) is 6.89. The molecule has 0 fully saturated rings. The standard InChI is InChI=1S/C31H22ClNO5/c1-19-8-10-24(11-9-19)30(34)37-28-25(32)16-20(18-27(28)36-2)17-26-31(35)38-29(33-26)23-14-12-22(13-15-23)21-6-4-3-5-7-21/h3-18H,1-2H3/b26-17-. The fraction of sp³-hybridized carbons (Fsp3) is 0.0645. The minimum absolute atomic E-state index is 0.0820. The Bertz CT molecular complexity index is 1570. The van der Waals surface area contributed by atoms with Crippen LogP contribution < -0.4 is 9.47 Å². The maximum atomic E-state index is 12.6. The van der Waals surface area contributed by atoms with Crippen LogP contribution in [0.15, 0.2) is 102 Å². The van der Waals surface area contributed by atoms with Gasteiger partial charge in [-0.15, -0.1) is 0 Å². The first-order chi connectivity index (χ1) is 18.4. The molecule has 38 heavy (non-hydrogen) atoms. The quantitative estimate of drug-likeness (QED) is 0.156. The fourth-order valence-electron chi connectivity index (χ4n) is 3.89. The number of methoxy groups -OCH3 is 1. The topological polar surface area (TPSA) is 74.2 Å². The number of aliphatic imine (C=N–C) groups is 1. The first kappa shape index (κ1) is 25.0. The molecule has 6 nitrogen and oxygen atoms in total. The monoisotopic (exact) mass is 523 g/mol. The van der Waals surface area contributed by atoms with Crippen LogP contribution in [0.2, 0.25) is 5.02 Å². The molecule has 0 spiro atoms. The zero-order chi connectivity index (χ0) is 26.6. The molecule has 4 aromatic rings. The van der Waals surface area contributed by atoms with Crippen molar-refractivity contribution in [3.05, 3.63) is 124 Å². The Morgan fingerprint density at radius 3 is 2.24 bits per heavy atom. The summed E-state index contributed by atoms with van der Waals surface area (Å²) in [6.45, 7) is 1.93. The van der Waals surface area contributed by atoms with Gasteiger partial charge in [0.25, 0.3) is 0 Å². The molecule has 0 aliphatic carbocycles. The number of esters is 2. The minimum atomic E-state index is -0.586. The summed E-state index contributed by atoms with van der Waals surface area (Å²) in [6, 6.07) is 27.7. The van der Waals surface area contributed by atoms with Crippen LogP contribution >= 0.6 is 11.6 Å². The highest BCUT2D eigenvalue weighted by atomic mass is 35.5. The maximum Gasteiger partial charge on any atom is 0.363 e. The van der Waals surface area contributed by atoms with Crippen molar-refractivity contribution in [1.82, 2.24) is 0 Å². The molecular weight excluding hydrogens is 502 g/mol. The highest BCUT2D eigenvalue weighted by molar-refractivity contribution is 6.32. The lowest BCUT2D eigenvalue weighted by Gasteiger charge is -2.12. The van der Waals surface area contributed by atoms with E-state index in [4.69, 9.17) is 25.8 Å². The van der Waals surface area contributed by atoms with Crippen LogP contribution in [0, 0.1) is 6.92 Å². The van der Waals surface area contributed by atoms with Gasteiger partial charge in [0, 0.05) is 5.56 Å². The Hall–Kier alpha value is -4.68. The molecular formula is C31H22ClNO5. The number of rotatable bonds is 6. The van der Waals surface area contributed by atoms with Gasteiger partial charge in [0.1, 0.15) is 0 Å². The van der Waals surface area contributed by atoms with Crippen molar-refractivity contribution in [2.24, 2.45) is 4.99 Å². The Morgan fingerprint density at radius 1 is 0.895 bits per heavy atom. The van der Waals surface area contributed by atoms with Gasteiger partial charge in [-0.25, -0.2) is 14.6 Å². The number of carbonyl (C=O) groups is 2. The summed E-state index contributed by atoms with van der Waals surface area (Å²) >= 11 is 6.44. The number of hydrogen-bond donors (Lipinski definition) is 0. The SMILES string of the molecule is COc1cc(/C=C2\N=C(c3ccc(-c4ccccc4)cc3)OC2=O)cc(Cl)c1OC(=O)c1ccc(C)cc1. The summed E-state index contributed by atoms with van der Waals surface area (Å²) in [5.74, 6) is -0.627. The molecule has 4 aromatic carbocycles. The highest BCUT2D eigenvalue weighted by Crippen LogP contribution is 2.38. The Balaban J connectivity index is 1.38. The molecule has 0 saturated carbocycles. The van der Waals surface area contributed by atoms with Gasteiger partial charge in [-0.3, -0.25) is 0 Å². The van der Waals surface area contributed by atoms with Gasteiger partial charge in [-0.2, -0.15) is 0 Å². The fourth-order valence-corrected chi connectivity index (χ4v) is 4.15. The van der Waals surface area contributed by atoms with Crippen LogP contribution in [0.4, 0.5) is 0 Å². The van der Waals surface area contributed by atoms with E-state index in [1.165, 1.54) is 13.2 Å². The first-order valence-corrected chi connectivity index (χ1v) is 12.1. The van der Waals surface area contributed by atoms with Crippen LogP contribution in [0.3, 0.4) is 0 Å². The number of benzene rings is 4. The van der Waals surface area contributed by atoms with Crippen LogP contribution in [-0.2, 0) is 9.53 Å². The van der Waals surface area contributed by atoms with Crippen LogP contribution in [0.25, 0.3) is 17.2 Å². The number of carbonyl (C=O) groups excluding carboxylic acids is 2.